The molecule has 3 aromatic rings. The van der Waals surface area contributed by atoms with Crippen LogP contribution in [0, 0.1) is 5.82 Å². The highest BCUT2D eigenvalue weighted by Gasteiger charge is 2.42. The molecule has 32 heavy (non-hydrogen) atoms. The third-order valence-electron chi connectivity index (χ3n) is 4.12. The summed E-state index contributed by atoms with van der Waals surface area (Å²) in [6.07, 6.45) is -4.53. The van der Waals surface area contributed by atoms with Gasteiger partial charge < -0.3 is 16.0 Å². The average molecular weight is 487 g/mol. The van der Waals surface area contributed by atoms with Gasteiger partial charge in [-0.15, -0.1) is 0 Å². The van der Waals surface area contributed by atoms with Crippen molar-refractivity contribution in [3.05, 3.63) is 75.9 Å². The minimum Gasteiger partial charge on any atom is -0.404 e. The monoisotopic (exact) mass is 486 g/mol. The molecule has 2 aromatic carbocycles. The number of carbonyl (C=O) groups is 1. The number of carbonyl (C=O) groups excluding carboxylic acids is 1. The minimum absolute atomic E-state index is 0.139. The molecular weight excluding hydrogens is 475 g/mol. The highest BCUT2D eigenvalue weighted by atomic mass is 35.5. The summed E-state index contributed by atoms with van der Waals surface area (Å²) < 4.78 is 61.1. The maximum atomic E-state index is 14.4. The van der Waals surface area contributed by atoms with E-state index in [9.17, 15) is 22.4 Å². The number of aliphatic imine (C=N–C) groups is 1. The van der Waals surface area contributed by atoms with Crippen LogP contribution in [-0.2, 0) is 0 Å². The van der Waals surface area contributed by atoms with Gasteiger partial charge in [0.05, 0.1) is 21.8 Å². The summed E-state index contributed by atoms with van der Waals surface area (Å²) in [5.41, 5.74) is 6.77. The highest BCUT2D eigenvalue weighted by Crippen LogP contribution is 2.38. The summed E-state index contributed by atoms with van der Waals surface area (Å²) in [5, 5.41) is 3.51. The molecule has 0 fully saturated rings. The lowest BCUT2D eigenvalue weighted by Gasteiger charge is -2.13. The molecule has 12 heteroatoms. The number of amides is 1. The Hall–Kier alpha value is -3.37. The molecule has 1 aromatic heterocycles. The Kier molecular flexibility index (Phi) is 6.56. The SMILES string of the molecule is NC=C(C(=Nc1cccc(Cl)c1)C(F)(F)F)c1onc(-c2c(F)cccc2Cl)c1C(N)=O. The second-order valence-corrected chi connectivity index (χ2v) is 7.06. The van der Waals surface area contributed by atoms with E-state index in [4.69, 9.17) is 39.2 Å². The molecule has 0 aliphatic carbocycles. The number of primary amides is 1. The molecule has 0 bridgehead atoms. The van der Waals surface area contributed by atoms with E-state index >= 15 is 0 Å². The van der Waals surface area contributed by atoms with Crippen molar-refractivity contribution in [2.75, 3.05) is 0 Å². The Morgan fingerprint density at radius 3 is 2.41 bits per heavy atom. The lowest BCUT2D eigenvalue weighted by molar-refractivity contribution is -0.0571. The molecule has 1 heterocycles. The second kappa shape index (κ2) is 9.01. The summed E-state index contributed by atoms with van der Waals surface area (Å²) in [6.45, 7) is 0. The van der Waals surface area contributed by atoms with E-state index in [2.05, 4.69) is 10.1 Å². The first-order valence-corrected chi connectivity index (χ1v) is 9.38. The zero-order valence-corrected chi connectivity index (χ0v) is 17.3. The van der Waals surface area contributed by atoms with E-state index in [-0.39, 0.29) is 21.3 Å². The van der Waals surface area contributed by atoms with Crippen LogP contribution in [0.2, 0.25) is 10.0 Å². The van der Waals surface area contributed by atoms with Crippen molar-refractivity contribution in [2.45, 2.75) is 6.18 Å². The van der Waals surface area contributed by atoms with E-state index in [1.807, 2.05) is 0 Å². The number of rotatable bonds is 5. The zero-order valence-electron chi connectivity index (χ0n) is 15.8. The molecule has 0 radical (unpaired) electrons. The normalized spacial score (nSPS) is 12.8. The molecule has 0 saturated carbocycles. The van der Waals surface area contributed by atoms with Crippen LogP contribution >= 0.6 is 23.2 Å². The van der Waals surface area contributed by atoms with Crippen LogP contribution in [0.25, 0.3) is 16.8 Å². The van der Waals surface area contributed by atoms with Crippen LogP contribution in [0.4, 0.5) is 23.2 Å². The van der Waals surface area contributed by atoms with E-state index < -0.39 is 46.2 Å². The maximum absolute atomic E-state index is 14.4. The van der Waals surface area contributed by atoms with Gasteiger partial charge in [-0.3, -0.25) is 4.79 Å². The first-order valence-electron chi connectivity index (χ1n) is 8.62. The number of hydrogen-bond donors (Lipinski definition) is 2. The minimum atomic E-state index is -5.05. The molecule has 0 spiro atoms. The van der Waals surface area contributed by atoms with Crippen LogP contribution < -0.4 is 11.5 Å². The summed E-state index contributed by atoms with van der Waals surface area (Å²) in [5.74, 6) is -2.91. The van der Waals surface area contributed by atoms with E-state index in [1.165, 1.54) is 36.4 Å². The lowest BCUT2D eigenvalue weighted by atomic mass is 9.99. The van der Waals surface area contributed by atoms with Gasteiger partial charge in [-0.05, 0) is 30.3 Å². The zero-order chi connectivity index (χ0) is 23.6. The Morgan fingerprint density at radius 2 is 1.84 bits per heavy atom. The second-order valence-electron chi connectivity index (χ2n) is 6.21. The van der Waals surface area contributed by atoms with E-state index in [0.29, 0.717) is 6.20 Å². The largest absolute Gasteiger partial charge is 0.434 e. The molecule has 0 aliphatic heterocycles. The first kappa shape index (κ1) is 23.3. The van der Waals surface area contributed by atoms with Crippen molar-refractivity contribution in [1.29, 1.82) is 0 Å². The van der Waals surface area contributed by atoms with Gasteiger partial charge in [-0.1, -0.05) is 40.5 Å². The van der Waals surface area contributed by atoms with Crippen molar-refractivity contribution >= 4 is 46.1 Å². The fraction of sp³-hybridized carbons (Fsp3) is 0.0500. The smallest absolute Gasteiger partial charge is 0.404 e. The molecule has 1 amide bonds. The third-order valence-corrected chi connectivity index (χ3v) is 4.67. The molecule has 166 valence electrons. The predicted molar refractivity (Wildman–Crippen MR) is 112 cm³/mol. The van der Waals surface area contributed by atoms with Crippen LogP contribution in [0.5, 0.6) is 0 Å². The lowest BCUT2D eigenvalue weighted by Crippen LogP contribution is -2.26. The standard InChI is InChI=1S/C20H12Cl2F4N4O2/c21-9-3-1-4-10(7-9)29-18(20(24,25)26)11(8-27)17-15(19(28)31)16(30-32-17)14-12(22)5-2-6-13(14)23/h1-8H,27H2,(H2,28,31). The van der Waals surface area contributed by atoms with Gasteiger partial charge in [0.2, 0.25) is 0 Å². The van der Waals surface area contributed by atoms with Crippen molar-refractivity contribution in [1.82, 2.24) is 5.16 Å². The van der Waals surface area contributed by atoms with Gasteiger partial charge in [0.15, 0.2) is 11.5 Å². The van der Waals surface area contributed by atoms with Gasteiger partial charge >= 0.3 is 6.18 Å². The van der Waals surface area contributed by atoms with Gasteiger partial charge in [-0.2, -0.15) is 13.2 Å². The third kappa shape index (κ3) is 4.61. The average Bonchev–Trinajstić information content (AvgIpc) is 3.12. The van der Waals surface area contributed by atoms with Crippen LogP contribution in [-0.4, -0.2) is 23.0 Å². The number of aromatic nitrogens is 1. The van der Waals surface area contributed by atoms with Gasteiger partial charge in [0.25, 0.3) is 5.91 Å². The van der Waals surface area contributed by atoms with Crippen molar-refractivity contribution < 1.29 is 26.9 Å². The van der Waals surface area contributed by atoms with Crippen molar-refractivity contribution in [3.8, 4) is 11.3 Å². The van der Waals surface area contributed by atoms with Gasteiger partial charge in [-0.25, -0.2) is 9.38 Å². The molecule has 4 N–H and O–H groups in total. The predicted octanol–water partition coefficient (Wildman–Crippen LogP) is 5.52. The topological polar surface area (TPSA) is 108 Å². The summed E-state index contributed by atoms with van der Waals surface area (Å²) in [6, 6.07) is 8.88. The number of allylic oxidation sites excluding steroid dienone is 1. The van der Waals surface area contributed by atoms with E-state index in [1.54, 1.807) is 0 Å². The number of alkyl halides is 3. The first-order chi connectivity index (χ1) is 15.0. The Labute approximate surface area is 188 Å². The van der Waals surface area contributed by atoms with Crippen LogP contribution in [0.15, 0.2) is 58.2 Å². The highest BCUT2D eigenvalue weighted by molar-refractivity contribution is 6.34. The summed E-state index contributed by atoms with van der Waals surface area (Å²) in [4.78, 5) is 15.7. The molecule has 0 aliphatic rings. The number of benzene rings is 2. The Morgan fingerprint density at radius 1 is 1.16 bits per heavy atom. The number of hydrogen-bond acceptors (Lipinski definition) is 5. The van der Waals surface area contributed by atoms with Crippen molar-refractivity contribution in [3.63, 3.8) is 0 Å². The fourth-order valence-corrected chi connectivity index (χ4v) is 3.25. The van der Waals surface area contributed by atoms with E-state index in [0.717, 1.165) is 6.07 Å². The Balaban J connectivity index is 2.27. The Bertz CT molecular complexity index is 1230. The van der Waals surface area contributed by atoms with Crippen molar-refractivity contribution in [2.24, 2.45) is 16.5 Å². The molecule has 6 nitrogen and oxygen atoms in total. The molecule has 0 atom stereocenters. The maximum Gasteiger partial charge on any atom is 0.434 e. The van der Waals surface area contributed by atoms with Gasteiger partial charge in [0, 0.05) is 11.2 Å². The molecule has 3 rings (SSSR count). The van der Waals surface area contributed by atoms with Crippen LogP contribution in [0.1, 0.15) is 16.1 Å². The summed E-state index contributed by atoms with van der Waals surface area (Å²) in [7, 11) is 0. The summed E-state index contributed by atoms with van der Waals surface area (Å²) >= 11 is 11.8. The number of nitrogens with zero attached hydrogens (tertiary/aromatic N) is 2. The molecule has 0 unspecified atom stereocenters. The van der Waals surface area contributed by atoms with Gasteiger partial charge in [0.1, 0.15) is 17.1 Å². The fourth-order valence-electron chi connectivity index (χ4n) is 2.81. The number of halogens is 6. The quantitative estimate of drug-likeness (QED) is 0.365. The molecular formula is C20H12Cl2F4N4O2. The molecule has 0 saturated heterocycles. The number of nitrogens with two attached hydrogens (primary N) is 2. The van der Waals surface area contributed by atoms with Crippen LogP contribution in [0.3, 0.4) is 0 Å².